The van der Waals surface area contributed by atoms with Gasteiger partial charge in [-0.15, -0.1) is 10.2 Å². The first-order valence-electron chi connectivity index (χ1n) is 13.1. The van der Waals surface area contributed by atoms with Gasteiger partial charge in [-0.3, -0.25) is 4.40 Å². The molecule has 1 aliphatic heterocycles. The molecule has 0 saturated carbocycles. The van der Waals surface area contributed by atoms with Crippen molar-refractivity contribution in [3.8, 4) is 22.6 Å². The summed E-state index contributed by atoms with van der Waals surface area (Å²) in [5.41, 5.74) is 5.12. The maximum atomic E-state index is 6.70. The van der Waals surface area contributed by atoms with Crippen molar-refractivity contribution in [2.24, 2.45) is 0 Å². The summed E-state index contributed by atoms with van der Waals surface area (Å²) < 4.78 is 12.8. The first-order chi connectivity index (χ1) is 19.1. The van der Waals surface area contributed by atoms with Crippen LogP contribution in [0.2, 0.25) is 5.02 Å². The Balaban J connectivity index is 1.31. The van der Waals surface area contributed by atoms with Crippen molar-refractivity contribution in [3.05, 3.63) is 65.6 Å². The number of halogens is 1. The summed E-state index contributed by atoms with van der Waals surface area (Å²) in [4.78, 5) is 11.9. The normalized spacial score (nSPS) is 14.7. The molecule has 0 atom stereocenters. The summed E-state index contributed by atoms with van der Waals surface area (Å²) in [5.74, 6) is 2.25. The number of methoxy groups -OCH3 is 2. The minimum Gasteiger partial charge on any atom is -0.497 e. The van der Waals surface area contributed by atoms with Crippen LogP contribution in [0.5, 0.6) is 11.5 Å². The number of rotatable bonds is 7. The van der Waals surface area contributed by atoms with Gasteiger partial charge in [0.2, 0.25) is 5.95 Å². The van der Waals surface area contributed by atoms with Gasteiger partial charge in [-0.05, 0) is 68.2 Å². The summed E-state index contributed by atoms with van der Waals surface area (Å²) >= 11 is 6.70. The summed E-state index contributed by atoms with van der Waals surface area (Å²) in [6.07, 6.45) is 5.84. The second kappa shape index (κ2) is 10.7. The third-order valence-corrected chi connectivity index (χ3v) is 7.93. The molecule has 3 aromatic heterocycles. The Kier molecular flexibility index (Phi) is 6.93. The van der Waals surface area contributed by atoms with Crippen LogP contribution in [0, 0.1) is 0 Å². The van der Waals surface area contributed by atoms with E-state index in [9.17, 15) is 0 Å². The molecule has 0 amide bonds. The lowest BCUT2D eigenvalue weighted by Crippen LogP contribution is -2.32. The number of nitrogens with zero attached hydrogens (tertiary/aromatic N) is 6. The minimum atomic E-state index is 0.459. The van der Waals surface area contributed by atoms with E-state index < -0.39 is 0 Å². The zero-order valence-electron chi connectivity index (χ0n) is 22.2. The topological polar surface area (TPSA) is 89.7 Å². The molecule has 1 saturated heterocycles. The highest BCUT2D eigenvalue weighted by Gasteiger charge is 2.20. The Morgan fingerprint density at radius 1 is 1.00 bits per heavy atom. The van der Waals surface area contributed by atoms with Gasteiger partial charge in [-0.2, -0.15) is 4.98 Å². The van der Waals surface area contributed by atoms with Crippen LogP contribution in [0.3, 0.4) is 0 Å². The van der Waals surface area contributed by atoms with E-state index >= 15 is 0 Å². The molecule has 6 rings (SSSR count). The van der Waals surface area contributed by atoms with E-state index in [-0.39, 0.29) is 0 Å². The maximum absolute atomic E-state index is 6.70. The van der Waals surface area contributed by atoms with Crippen LogP contribution in [0.25, 0.3) is 27.8 Å². The molecule has 2 aromatic carbocycles. The van der Waals surface area contributed by atoms with Gasteiger partial charge in [0.05, 0.1) is 19.2 Å². The molecule has 1 aliphatic rings. The standard InChI is InChI=1S/C29H30ClN7O2/c1-4-36-11-9-19(10-12-36)18-5-7-21(8-6-18)33-29-31-16-20-13-24(28-35-32-17-37(28)27(20)34-29)23-14-22(38-2)15-25(39-3)26(23)30/h5-8,13-17,19H,4,9-12H2,1-3H3,(H,31,33,34). The molecule has 0 spiro atoms. The zero-order chi connectivity index (χ0) is 26.9. The SMILES string of the molecule is CCN1CCC(c2ccc(Nc3ncc4cc(-c5cc(OC)cc(OC)c5Cl)c5nncn5c4n3)cc2)CC1. The van der Waals surface area contributed by atoms with E-state index in [1.165, 1.54) is 31.5 Å². The maximum Gasteiger partial charge on any atom is 0.229 e. The van der Waals surface area contributed by atoms with Gasteiger partial charge < -0.3 is 19.7 Å². The molecular formula is C29H30ClN7O2. The number of piperidine rings is 1. The van der Waals surface area contributed by atoms with Crippen LogP contribution < -0.4 is 14.8 Å². The highest BCUT2D eigenvalue weighted by molar-refractivity contribution is 6.35. The fourth-order valence-corrected chi connectivity index (χ4v) is 5.60. The molecule has 39 heavy (non-hydrogen) atoms. The lowest BCUT2D eigenvalue weighted by Gasteiger charge is -2.31. The van der Waals surface area contributed by atoms with E-state index in [0.29, 0.717) is 39.7 Å². The van der Waals surface area contributed by atoms with Crippen molar-refractivity contribution >= 4 is 39.9 Å². The third-order valence-electron chi connectivity index (χ3n) is 7.54. The van der Waals surface area contributed by atoms with E-state index in [4.69, 9.17) is 26.1 Å². The monoisotopic (exact) mass is 543 g/mol. The van der Waals surface area contributed by atoms with Gasteiger partial charge in [0.25, 0.3) is 0 Å². The quantitative estimate of drug-likeness (QED) is 0.269. The number of benzene rings is 2. The van der Waals surface area contributed by atoms with Crippen molar-refractivity contribution < 1.29 is 9.47 Å². The number of ether oxygens (including phenoxy) is 2. The molecular weight excluding hydrogens is 514 g/mol. The Morgan fingerprint density at radius 3 is 2.51 bits per heavy atom. The number of fused-ring (bicyclic) bond motifs is 3. The van der Waals surface area contributed by atoms with Crippen LogP contribution in [0.1, 0.15) is 31.2 Å². The zero-order valence-corrected chi connectivity index (χ0v) is 22.9. The van der Waals surface area contributed by atoms with Gasteiger partial charge in [0, 0.05) is 34.5 Å². The number of pyridine rings is 1. The van der Waals surface area contributed by atoms with E-state index in [0.717, 1.165) is 28.7 Å². The number of hydrogen-bond donors (Lipinski definition) is 1. The van der Waals surface area contributed by atoms with Gasteiger partial charge >= 0.3 is 0 Å². The second-order valence-corrected chi connectivity index (χ2v) is 10.1. The molecule has 0 radical (unpaired) electrons. The number of likely N-dealkylation sites (tertiary alicyclic amines) is 1. The van der Waals surface area contributed by atoms with Crippen LogP contribution in [-0.4, -0.2) is 63.3 Å². The minimum absolute atomic E-state index is 0.459. The number of anilines is 2. The van der Waals surface area contributed by atoms with Gasteiger partial charge in [-0.1, -0.05) is 30.7 Å². The molecule has 0 bridgehead atoms. The van der Waals surface area contributed by atoms with E-state index in [1.807, 2.05) is 16.5 Å². The van der Waals surface area contributed by atoms with Crippen LogP contribution in [0.15, 0.2) is 55.0 Å². The molecule has 1 N–H and O–H groups in total. The molecule has 5 aromatic rings. The van der Waals surface area contributed by atoms with Crippen LogP contribution in [-0.2, 0) is 0 Å². The fourth-order valence-electron chi connectivity index (χ4n) is 5.31. The molecule has 0 unspecified atom stereocenters. The van der Waals surface area contributed by atoms with E-state index in [2.05, 4.69) is 56.6 Å². The summed E-state index contributed by atoms with van der Waals surface area (Å²) in [7, 11) is 3.18. The molecule has 0 aliphatic carbocycles. The van der Waals surface area contributed by atoms with Crippen LogP contribution >= 0.6 is 11.6 Å². The summed E-state index contributed by atoms with van der Waals surface area (Å²) in [6, 6.07) is 14.2. The van der Waals surface area contributed by atoms with Crippen molar-refractivity contribution in [1.29, 1.82) is 0 Å². The molecule has 10 heteroatoms. The predicted molar refractivity (Wildman–Crippen MR) is 153 cm³/mol. The Morgan fingerprint density at radius 2 is 1.79 bits per heavy atom. The largest absolute Gasteiger partial charge is 0.497 e. The van der Waals surface area contributed by atoms with Gasteiger partial charge in [0.1, 0.15) is 17.8 Å². The Bertz CT molecular complexity index is 1630. The molecule has 9 nitrogen and oxygen atoms in total. The average molecular weight is 544 g/mol. The van der Waals surface area contributed by atoms with E-state index in [1.54, 1.807) is 32.8 Å². The van der Waals surface area contributed by atoms with Crippen LogP contribution in [0.4, 0.5) is 11.6 Å². The fraction of sp³-hybridized carbons (Fsp3) is 0.310. The van der Waals surface area contributed by atoms with Crippen molar-refractivity contribution in [1.82, 2.24) is 29.5 Å². The summed E-state index contributed by atoms with van der Waals surface area (Å²) in [6.45, 7) is 5.70. The molecule has 1 fully saturated rings. The Hall–Kier alpha value is -3.95. The summed E-state index contributed by atoms with van der Waals surface area (Å²) in [5, 5.41) is 13.1. The number of aromatic nitrogens is 5. The molecule has 200 valence electrons. The molecule has 4 heterocycles. The first-order valence-corrected chi connectivity index (χ1v) is 13.5. The highest BCUT2D eigenvalue weighted by Crippen LogP contribution is 2.41. The average Bonchev–Trinajstić information content (AvgIpc) is 3.48. The predicted octanol–water partition coefficient (Wildman–Crippen LogP) is 5.95. The van der Waals surface area contributed by atoms with Gasteiger partial charge in [-0.25, -0.2) is 4.98 Å². The van der Waals surface area contributed by atoms with Crippen molar-refractivity contribution in [2.75, 3.05) is 39.2 Å². The lowest BCUT2D eigenvalue weighted by molar-refractivity contribution is 0.222. The number of hydrogen-bond acceptors (Lipinski definition) is 8. The van der Waals surface area contributed by atoms with Gasteiger partial charge in [0.15, 0.2) is 11.3 Å². The Labute approximate surface area is 231 Å². The van der Waals surface area contributed by atoms with Crippen molar-refractivity contribution in [2.45, 2.75) is 25.7 Å². The lowest BCUT2D eigenvalue weighted by atomic mass is 9.89. The third kappa shape index (κ3) is 4.84. The van der Waals surface area contributed by atoms with Crippen molar-refractivity contribution in [3.63, 3.8) is 0 Å². The second-order valence-electron chi connectivity index (χ2n) is 9.70. The highest BCUT2D eigenvalue weighted by atomic mass is 35.5. The first kappa shape index (κ1) is 25.3. The number of nitrogens with one attached hydrogen (secondary N) is 1. The smallest absolute Gasteiger partial charge is 0.229 e.